The van der Waals surface area contributed by atoms with Gasteiger partial charge in [0.2, 0.25) is 11.8 Å². The summed E-state index contributed by atoms with van der Waals surface area (Å²) in [6.45, 7) is 6.25. The molecule has 3 aliphatic rings. The Morgan fingerprint density at radius 1 is 1.13 bits per heavy atom. The summed E-state index contributed by atoms with van der Waals surface area (Å²) in [6, 6.07) is 3.44. The van der Waals surface area contributed by atoms with Crippen molar-refractivity contribution in [2.75, 3.05) is 30.3 Å². The van der Waals surface area contributed by atoms with E-state index in [0.29, 0.717) is 41.6 Å². The number of halogens is 1. The fourth-order valence-electron chi connectivity index (χ4n) is 4.76. The van der Waals surface area contributed by atoms with Crippen LogP contribution in [0.15, 0.2) is 21.5 Å². The Kier molecular flexibility index (Phi) is 6.01. The predicted octanol–water partition coefficient (Wildman–Crippen LogP) is 3.42. The molecule has 0 N–H and O–H groups in total. The van der Waals surface area contributed by atoms with Crippen molar-refractivity contribution in [2.24, 2.45) is 17.8 Å². The lowest BCUT2D eigenvalue weighted by molar-refractivity contribution is -0.133. The van der Waals surface area contributed by atoms with Gasteiger partial charge in [-0.15, -0.1) is 0 Å². The second-order valence-electron chi connectivity index (χ2n) is 9.24. The van der Waals surface area contributed by atoms with Crippen LogP contribution in [-0.2, 0) is 25.8 Å². The first-order valence-electron chi connectivity index (χ1n) is 10.8. The van der Waals surface area contributed by atoms with Crippen molar-refractivity contribution in [2.45, 2.75) is 50.8 Å². The molecule has 0 radical (unpaired) electrons. The molecular formula is C22H29BrN2O4S. The zero-order valence-corrected chi connectivity index (χ0v) is 20.0. The minimum atomic E-state index is -3.66. The van der Waals surface area contributed by atoms with Crippen LogP contribution >= 0.6 is 15.9 Å². The van der Waals surface area contributed by atoms with Crippen molar-refractivity contribution in [3.8, 4) is 0 Å². The zero-order chi connectivity index (χ0) is 21.6. The molecule has 1 aromatic rings. The van der Waals surface area contributed by atoms with Gasteiger partial charge in [0.25, 0.3) is 0 Å². The molecule has 1 aromatic carbocycles. The van der Waals surface area contributed by atoms with E-state index in [-0.39, 0.29) is 34.8 Å². The highest BCUT2D eigenvalue weighted by Crippen LogP contribution is 2.39. The van der Waals surface area contributed by atoms with Crippen LogP contribution in [0.5, 0.6) is 0 Å². The minimum absolute atomic E-state index is 0.0178. The fraction of sp³-hybridized carbons (Fsp3) is 0.636. The van der Waals surface area contributed by atoms with E-state index in [1.165, 1.54) is 0 Å². The third-order valence-corrected chi connectivity index (χ3v) is 9.03. The van der Waals surface area contributed by atoms with Gasteiger partial charge in [0.15, 0.2) is 9.84 Å². The molecule has 1 saturated carbocycles. The minimum Gasteiger partial charge on any atom is -0.342 e. The molecule has 164 valence electrons. The SMILES string of the molecule is CC1CC(C)CN(C(=O)CCS(=O)(=O)c2cc3c(cc2Br)CCN3C(=O)C2CC2)C1. The predicted molar refractivity (Wildman–Crippen MR) is 119 cm³/mol. The molecule has 2 heterocycles. The van der Waals surface area contributed by atoms with Gasteiger partial charge < -0.3 is 9.80 Å². The molecule has 1 aliphatic carbocycles. The summed E-state index contributed by atoms with van der Waals surface area (Å²) in [6.07, 6.45) is 3.65. The van der Waals surface area contributed by atoms with E-state index in [4.69, 9.17) is 0 Å². The molecule has 2 amide bonds. The molecule has 2 atom stereocenters. The van der Waals surface area contributed by atoms with Crippen LogP contribution in [0.25, 0.3) is 0 Å². The maximum atomic E-state index is 13.1. The van der Waals surface area contributed by atoms with Crippen LogP contribution in [-0.4, -0.2) is 50.5 Å². The van der Waals surface area contributed by atoms with Gasteiger partial charge in [-0.25, -0.2) is 8.42 Å². The average Bonchev–Trinajstić information content (AvgIpc) is 3.44. The van der Waals surface area contributed by atoms with Crippen LogP contribution in [0, 0.1) is 17.8 Å². The normalized spacial score (nSPS) is 24.1. The summed E-state index contributed by atoms with van der Waals surface area (Å²) in [4.78, 5) is 28.9. The van der Waals surface area contributed by atoms with Gasteiger partial charge in [0, 0.05) is 42.1 Å². The smallest absolute Gasteiger partial charge is 0.230 e. The van der Waals surface area contributed by atoms with Gasteiger partial charge in [0.1, 0.15) is 0 Å². The van der Waals surface area contributed by atoms with Crippen molar-refractivity contribution < 1.29 is 18.0 Å². The number of benzene rings is 1. The third kappa shape index (κ3) is 4.44. The average molecular weight is 497 g/mol. The highest BCUT2D eigenvalue weighted by molar-refractivity contribution is 9.10. The first kappa shape index (κ1) is 21.8. The summed E-state index contributed by atoms with van der Waals surface area (Å²) >= 11 is 3.41. The molecule has 2 aliphatic heterocycles. The Hall–Kier alpha value is -1.41. The number of nitrogens with zero attached hydrogens (tertiary/aromatic N) is 2. The lowest BCUT2D eigenvalue weighted by atomic mass is 9.92. The second-order valence-corrected chi connectivity index (χ2v) is 12.2. The highest BCUT2D eigenvalue weighted by atomic mass is 79.9. The van der Waals surface area contributed by atoms with Crippen molar-refractivity contribution in [3.05, 3.63) is 22.2 Å². The molecule has 6 nitrogen and oxygen atoms in total. The number of rotatable bonds is 5. The summed E-state index contributed by atoms with van der Waals surface area (Å²) in [5.74, 6) is 0.749. The van der Waals surface area contributed by atoms with E-state index in [1.807, 2.05) is 11.0 Å². The number of anilines is 1. The maximum Gasteiger partial charge on any atom is 0.230 e. The molecule has 1 saturated heterocycles. The fourth-order valence-corrected chi connectivity index (χ4v) is 7.20. The Morgan fingerprint density at radius 2 is 1.80 bits per heavy atom. The first-order chi connectivity index (χ1) is 14.2. The van der Waals surface area contributed by atoms with E-state index in [9.17, 15) is 18.0 Å². The quantitative estimate of drug-likeness (QED) is 0.625. The van der Waals surface area contributed by atoms with Crippen LogP contribution in [0.2, 0.25) is 0 Å². The van der Waals surface area contributed by atoms with Gasteiger partial charge in [0.05, 0.1) is 10.6 Å². The van der Waals surface area contributed by atoms with Gasteiger partial charge in [-0.3, -0.25) is 9.59 Å². The molecule has 0 spiro atoms. The largest absolute Gasteiger partial charge is 0.342 e. The van der Waals surface area contributed by atoms with Gasteiger partial charge >= 0.3 is 0 Å². The number of hydrogen-bond donors (Lipinski definition) is 0. The molecule has 0 aromatic heterocycles. The topological polar surface area (TPSA) is 74.8 Å². The summed E-state index contributed by atoms with van der Waals surface area (Å²) in [5, 5.41) is 0. The highest BCUT2D eigenvalue weighted by Gasteiger charge is 2.37. The Balaban J connectivity index is 1.49. The molecule has 0 bridgehead atoms. The molecular weight excluding hydrogens is 468 g/mol. The number of sulfone groups is 1. The van der Waals surface area contributed by atoms with Crippen molar-refractivity contribution >= 4 is 43.3 Å². The van der Waals surface area contributed by atoms with Crippen molar-refractivity contribution in [1.82, 2.24) is 4.90 Å². The Bertz CT molecular complexity index is 964. The van der Waals surface area contributed by atoms with Crippen molar-refractivity contribution in [3.63, 3.8) is 0 Å². The Morgan fingerprint density at radius 3 is 2.43 bits per heavy atom. The van der Waals surface area contributed by atoms with Gasteiger partial charge in [-0.1, -0.05) is 13.8 Å². The van der Waals surface area contributed by atoms with Crippen LogP contribution in [0.4, 0.5) is 5.69 Å². The standard InChI is InChI=1S/C22H29BrN2O4S/c1-14-9-15(2)13-24(12-14)21(26)6-8-30(28,29)20-11-19-17(10-18(20)23)5-7-25(19)22(27)16-3-4-16/h10-11,14-16H,3-9,12-13H2,1-2H3. The summed E-state index contributed by atoms with van der Waals surface area (Å²) in [5.41, 5.74) is 1.70. The monoisotopic (exact) mass is 496 g/mol. The zero-order valence-electron chi connectivity index (χ0n) is 17.6. The van der Waals surface area contributed by atoms with Crippen LogP contribution < -0.4 is 4.90 Å². The summed E-state index contributed by atoms with van der Waals surface area (Å²) < 4.78 is 26.7. The summed E-state index contributed by atoms with van der Waals surface area (Å²) in [7, 11) is -3.66. The van der Waals surface area contributed by atoms with E-state index >= 15 is 0 Å². The molecule has 2 fully saturated rings. The maximum absolute atomic E-state index is 13.1. The molecule has 2 unspecified atom stereocenters. The number of piperidine rings is 1. The second kappa shape index (κ2) is 8.26. The van der Waals surface area contributed by atoms with Crippen molar-refractivity contribution in [1.29, 1.82) is 0 Å². The number of carbonyl (C=O) groups is 2. The lowest BCUT2D eigenvalue weighted by Crippen LogP contribution is -2.43. The van der Waals surface area contributed by atoms with E-state index in [2.05, 4.69) is 29.8 Å². The Labute approximate surface area is 187 Å². The molecule has 4 rings (SSSR count). The molecule has 30 heavy (non-hydrogen) atoms. The molecule has 8 heteroatoms. The van der Waals surface area contributed by atoms with Crippen LogP contribution in [0.1, 0.15) is 45.1 Å². The van der Waals surface area contributed by atoms with Gasteiger partial charge in [-0.2, -0.15) is 0 Å². The van der Waals surface area contributed by atoms with E-state index in [0.717, 1.165) is 31.2 Å². The number of carbonyl (C=O) groups excluding carboxylic acids is 2. The first-order valence-corrected chi connectivity index (χ1v) is 13.2. The number of amides is 2. The van der Waals surface area contributed by atoms with Crippen LogP contribution in [0.3, 0.4) is 0 Å². The lowest BCUT2D eigenvalue weighted by Gasteiger charge is -2.35. The third-order valence-electron chi connectivity index (χ3n) is 6.36. The van der Waals surface area contributed by atoms with Gasteiger partial charge in [-0.05, 0) is 71.1 Å². The van der Waals surface area contributed by atoms with E-state index in [1.54, 1.807) is 11.0 Å². The number of fused-ring (bicyclic) bond motifs is 1. The van der Waals surface area contributed by atoms with E-state index < -0.39 is 9.84 Å². The number of hydrogen-bond acceptors (Lipinski definition) is 4. The number of likely N-dealkylation sites (tertiary alicyclic amines) is 1.